The summed E-state index contributed by atoms with van der Waals surface area (Å²) in [6, 6.07) is 13.1. The molecule has 0 bridgehead atoms. The van der Waals surface area contributed by atoms with Crippen LogP contribution in [0.4, 0.5) is 10.5 Å². The molecule has 1 spiro atoms. The summed E-state index contributed by atoms with van der Waals surface area (Å²) in [5.74, 6) is 2.08. The van der Waals surface area contributed by atoms with Crippen LogP contribution in [-0.2, 0) is 4.74 Å². The lowest BCUT2D eigenvalue weighted by molar-refractivity contribution is -0.0545. The second-order valence-electron chi connectivity index (χ2n) is 10.4. The Labute approximate surface area is 227 Å². The number of nitrogens with zero attached hydrogens (tertiary/aromatic N) is 3. The Hall–Kier alpha value is -3.82. The minimum Gasteiger partial charge on any atom is -0.497 e. The minimum atomic E-state index is -0.707. The summed E-state index contributed by atoms with van der Waals surface area (Å²) in [6.45, 7) is 7.25. The Balaban J connectivity index is 1.19. The van der Waals surface area contributed by atoms with Gasteiger partial charge in [-0.05, 0) is 48.4 Å². The van der Waals surface area contributed by atoms with Crippen molar-refractivity contribution < 1.29 is 28.8 Å². The van der Waals surface area contributed by atoms with Crippen LogP contribution in [0.3, 0.4) is 0 Å². The highest BCUT2D eigenvalue weighted by Gasteiger charge is 2.53. The van der Waals surface area contributed by atoms with Crippen LogP contribution >= 0.6 is 0 Å². The number of pyridine rings is 1. The van der Waals surface area contributed by atoms with E-state index in [4.69, 9.17) is 18.9 Å². The number of β-amino-alcohol motifs (C(OH)–C–C–N with tert-alkyl or cyclic N) is 1. The standard InChI is InChI=1S/C30H33N3O6/c1-3-4-20-17-32(18-26(34)23-9-11-31-25-7-6-22(36-2)16-24(23)25)12-10-30(20)19-33(29(35)39-30)21-5-8-27-28(15-21)38-14-13-37-27/h3,5-9,11,15-16,20,26,34H,1,4,10,12-14,17-19H2,2H3/t20-,26+,30-/m1/s1. The number of hydrogen-bond donors (Lipinski definition) is 1. The number of benzene rings is 2. The van der Waals surface area contributed by atoms with E-state index < -0.39 is 11.7 Å². The molecule has 0 saturated carbocycles. The average molecular weight is 532 g/mol. The Morgan fingerprint density at radius 2 is 2.05 bits per heavy atom. The zero-order valence-electron chi connectivity index (χ0n) is 22.0. The zero-order valence-corrected chi connectivity index (χ0v) is 22.0. The summed E-state index contributed by atoms with van der Waals surface area (Å²) in [5.41, 5.74) is 1.73. The molecule has 3 aliphatic heterocycles. The van der Waals surface area contributed by atoms with Crippen molar-refractivity contribution in [2.45, 2.75) is 24.5 Å². The molecule has 0 aliphatic carbocycles. The van der Waals surface area contributed by atoms with Gasteiger partial charge in [0.25, 0.3) is 0 Å². The molecule has 9 nitrogen and oxygen atoms in total. The van der Waals surface area contributed by atoms with E-state index in [-0.39, 0.29) is 12.0 Å². The number of methoxy groups -OCH3 is 1. The minimum absolute atomic E-state index is 0.0383. The number of allylic oxidation sites excluding steroid dienone is 1. The first kappa shape index (κ1) is 25.5. The summed E-state index contributed by atoms with van der Waals surface area (Å²) in [4.78, 5) is 21.5. The van der Waals surface area contributed by atoms with Crippen molar-refractivity contribution in [2.75, 3.05) is 51.4 Å². The van der Waals surface area contributed by atoms with Crippen molar-refractivity contribution in [1.29, 1.82) is 0 Å². The molecule has 9 heteroatoms. The molecular weight excluding hydrogens is 498 g/mol. The van der Waals surface area contributed by atoms with E-state index in [1.165, 1.54) is 0 Å². The van der Waals surface area contributed by atoms with Gasteiger partial charge in [0.2, 0.25) is 0 Å². The third-order valence-electron chi connectivity index (χ3n) is 8.07. The van der Waals surface area contributed by atoms with Crippen LogP contribution in [0.2, 0.25) is 0 Å². The molecule has 0 radical (unpaired) electrons. The summed E-state index contributed by atoms with van der Waals surface area (Å²) in [7, 11) is 1.63. The van der Waals surface area contributed by atoms with Crippen molar-refractivity contribution in [2.24, 2.45) is 5.92 Å². The molecule has 2 fully saturated rings. The van der Waals surface area contributed by atoms with Gasteiger partial charge in [0.15, 0.2) is 11.5 Å². The quantitative estimate of drug-likeness (QED) is 0.450. The van der Waals surface area contributed by atoms with E-state index in [1.54, 1.807) is 18.2 Å². The molecule has 1 aromatic heterocycles. The van der Waals surface area contributed by atoms with E-state index in [2.05, 4.69) is 16.5 Å². The summed E-state index contributed by atoms with van der Waals surface area (Å²) in [6.07, 6.45) is 3.91. The van der Waals surface area contributed by atoms with E-state index in [9.17, 15) is 9.90 Å². The van der Waals surface area contributed by atoms with Gasteiger partial charge in [0.05, 0.1) is 31.0 Å². The first-order chi connectivity index (χ1) is 19.0. The molecule has 3 atom stereocenters. The van der Waals surface area contributed by atoms with Gasteiger partial charge in [-0.3, -0.25) is 14.8 Å². The predicted octanol–water partition coefficient (Wildman–Crippen LogP) is 4.34. The SMILES string of the molecule is C=CC[C@@H]1CN(C[C@H](O)c2ccnc3ccc(OC)cc23)CC[C@@]12CN(c1ccc3c(c1)OCCO3)C(=O)O2. The Morgan fingerprint density at radius 1 is 1.21 bits per heavy atom. The number of aliphatic hydroxyl groups excluding tert-OH is 1. The number of hydrogen-bond acceptors (Lipinski definition) is 8. The first-order valence-electron chi connectivity index (χ1n) is 13.3. The fraction of sp³-hybridized carbons (Fsp3) is 0.400. The maximum absolute atomic E-state index is 13.1. The van der Waals surface area contributed by atoms with Gasteiger partial charge in [-0.25, -0.2) is 4.79 Å². The van der Waals surface area contributed by atoms with E-state index in [0.717, 1.165) is 27.9 Å². The average Bonchev–Trinajstić information content (AvgIpc) is 3.30. The van der Waals surface area contributed by atoms with Crippen LogP contribution in [0.1, 0.15) is 24.5 Å². The number of aliphatic hydroxyl groups is 1. The molecule has 3 aromatic rings. The fourth-order valence-corrected chi connectivity index (χ4v) is 6.02. The van der Waals surface area contributed by atoms with Gasteiger partial charge in [-0.1, -0.05) is 6.08 Å². The lowest BCUT2D eigenvalue weighted by Gasteiger charge is -2.44. The van der Waals surface area contributed by atoms with Crippen LogP contribution in [0.5, 0.6) is 17.2 Å². The maximum Gasteiger partial charge on any atom is 0.415 e. The molecule has 2 saturated heterocycles. The lowest BCUT2D eigenvalue weighted by atomic mass is 9.78. The Morgan fingerprint density at radius 3 is 2.87 bits per heavy atom. The van der Waals surface area contributed by atoms with Crippen molar-refractivity contribution in [3.8, 4) is 17.2 Å². The van der Waals surface area contributed by atoms with Crippen LogP contribution in [0.15, 0.2) is 61.3 Å². The van der Waals surface area contributed by atoms with Crippen LogP contribution in [0.25, 0.3) is 10.9 Å². The second kappa shape index (κ2) is 10.4. The smallest absolute Gasteiger partial charge is 0.415 e. The number of carbonyl (C=O) groups excluding carboxylic acids is 1. The highest BCUT2D eigenvalue weighted by atomic mass is 16.6. The van der Waals surface area contributed by atoms with Gasteiger partial charge in [-0.2, -0.15) is 0 Å². The molecule has 39 heavy (non-hydrogen) atoms. The van der Waals surface area contributed by atoms with Crippen molar-refractivity contribution >= 4 is 22.7 Å². The van der Waals surface area contributed by atoms with Gasteiger partial charge < -0.3 is 24.1 Å². The van der Waals surface area contributed by atoms with Gasteiger partial charge in [-0.15, -0.1) is 6.58 Å². The van der Waals surface area contributed by atoms with Crippen LogP contribution < -0.4 is 19.1 Å². The molecular formula is C30H33N3O6. The van der Waals surface area contributed by atoms with E-state index >= 15 is 0 Å². The second-order valence-corrected chi connectivity index (χ2v) is 10.4. The molecule has 3 aliphatic rings. The van der Waals surface area contributed by atoms with Gasteiger partial charge in [0, 0.05) is 49.6 Å². The van der Waals surface area contributed by atoms with Crippen LogP contribution in [-0.4, -0.2) is 73.2 Å². The molecule has 4 heterocycles. The molecule has 204 valence electrons. The Kier molecular flexibility index (Phi) is 6.78. The summed E-state index contributed by atoms with van der Waals surface area (Å²) >= 11 is 0. The Bertz CT molecular complexity index is 1400. The largest absolute Gasteiger partial charge is 0.497 e. The number of amides is 1. The van der Waals surface area contributed by atoms with Crippen LogP contribution in [0, 0.1) is 5.92 Å². The highest BCUT2D eigenvalue weighted by Crippen LogP contribution is 2.43. The van der Waals surface area contributed by atoms with Crippen molar-refractivity contribution in [3.05, 3.63) is 66.9 Å². The summed E-state index contributed by atoms with van der Waals surface area (Å²) < 4.78 is 22.9. The number of aromatic nitrogens is 1. The number of rotatable bonds is 7. The zero-order chi connectivity index (χ0) is 27.0. The number of piperidine rings is 1. The fourth-order valence-electron chi connectivity index (χ4n) is 6.02. The van der Waals surface area contributed by atoms with Gasteiger partial charge in [0.1, 0.15) is 24.6 Å². The lowest BCUT2D eigenvalue weighted by Crippen LogP contribution is -2.54. The molecule has 6 rings (SSSR count). The predicted molar refractivity (Wildman–Crippen MR) is 147 cm³/mol. The maximum atomic E-state index is 13.1. The normalized spacial score (nSPS) is 23.6. The number of carbonyl (C=O) groups is 1. The first-order valence-corrected chi connectivity index (χ1v) is 13.3. The molecule has 1 amide bonds. The number of fused-ring (bicyclic) bond motifs is 2. The number of anilines is 1. The summed E-state index contributed by atoms with van der Waals surface area (Å²) in [5, 5.41) is 12.2. The van der Waals surface area contributed by atoms with Crippen molar-refractivity contribution in [3.63, 3.8) is 0 Å². The molecule has 0 unspecified atom stereocenters. The van der Waals surface area contributed by atoms with E-state index in [1.807, 2.05) is 48.5 Å². The monoisotopic (exact) mass is 531 g/mol. The number of ether oxygens (including phenoxy) is 4. The van der Waals surface area contributed by atoms with E-state index in [0.29, 0.717) is 63.7 Å². The topological polar surface area (TPSA) is 93.6 Å². The van der Waals surface area contributed by atoms with Gasteiger partial charge >= 0.3 is 6.09 Å². The highest BCUT2D eigenvalue weighted by molar-refractivity contribution is 5.91. The third kappa shape index (κ3) is 4.77. The third-order valence-corrected chi connectivity index (χ3v) is 8.07. The number of likely N-dealkylation sites (tertiary alicyclic amines) is 1. The van der Waals surface area contributed by atoms with Crippen molar-refractivity contribution in [1.82, 2.24) is 9.88 Å². The molecule has 2 aromatic carbocycles. The molecule has 1 N–H and O–H groups in total.